The topological polar surface area (TPSA) is 111 Å². The lowest BCUT2D eigenvalue weighted by Gasteiger charge is -2.12. The third-order valence-electron chi connectivity index (χ3n) is 2.79. The predicted octanol–water partition coefficient (Wildman–Crippen LogP) is 1.34. The number of anilines is 1. The third kappa shape index (κ3) is 4.66. The molecule has 0 saturated heterocycles. The fourth-order valence-electron chi connectivity index (χ4n) is 1.58. The molecule has 1 aromatic rings. The van der Waals surface area contributed by atoms with Gasteiger partial charge in [-0.3, -0.25) is 10.1 Å². The quantitative estimate of drug-likeness (QED) is 0.553. The first kappa shape index (κ1) is 17.3. The summed E-state index contributed by atoms with van der Waals surface area (Å²) in [5.41, 5.74) is 0.0393. The second-order valence-corrected chi connectivity index (χ2v) is 6.10. The highest BCUT2D eigenvalue weighted by Crippen LogP contribution is 2.26. The van der Waals surface area contributed by atoms with Crippen molar-refractivity contribution in [3.63, 3.8) is 0 Å². The summed E-state index contributed by atoms with van der Waals surface area (Å²) in [4.78, 5) is 9.92. The van der Waals surface area contributed by atoms with E-state index in [1.54, 1.807) is 6.92 Å². The number of rotatable bonds is 8. The van der Waals surface area contributed by atoms with Crippen LogP contribution in [0.1, 0.15) is 13.8 Å². The van der Waals surface area contributed by atoms with Crippen LogP contribution in [0.4, 0.5) is 11.4 Å². The van der Waals surface area contributed by atoms with E-state index in [1.807, 2.05) is 6.92 Å². The van der Waals surface area contributed by atoms with E-state index in [9.17, 15) is 18.5 Å². The first-order valence-electron chi connectivity index (χ1n) is 6.36. The molecule has 0 aromatic heterocycles. The molecule has 0 aliphatic rings. The Morgan fingerprint density at radius 3 is 2.62 bits per heavy atom. The predicted molar refractivity (Wildman–Crippen MR) is 78.9 cm³/mol. The highest BCUT2D eigenvalue weighted by atomic mass is 32.2. The number of methoxy groups -OCH3 is 1. The van der Waals surface area contributed by atoms with Gasteiger partial charge in [-0.25, -0.2) is 13.1 Å². The van der Waals surface area contributed by atoms with E-state index >= 15 is 0 Å². The van der Waals surface area contributed by atoms with Crippen LogP contribution in [0, 0.1) is 10.1 Å². The van der Waals surface area contributed by atoms with Crippen molar-refractivity contribution in [3.8, 4) is 0 Å². The molecule has 0 aliphatic carbocycles. The average Bonchev–Trinajstić information content (AvgIpc) is 2.44. The number of hydrogen-bond donors (Lipinski definition) is 2. The molecular weight excluding hydrogens is 298 g/mol. The Bertz CT molecular complexity index is 603. The second-order valence-electron chi connectivity index (χ2n) is 4.37. The van der Waals surface area contributed by atoms with Crippen molar-refractivity contribution >= 4 is 21.4 Å². The summed E-state index contributed by atoms with van der Waals surface area (Å²) < 4.78 is 31.7. The summed E-state index contributed by atoms with van der Waals surface area (Å²) in [6, 6.07) is 3.90. The highest BCUT2D eigenvalue weighted by molar-refractivity contribution is 7.89. The molecule has 21 heavy (non-hydrogen) atoms. The van der Waals surface area contributed by atoms with E-state index in [2.05, 4.69) is 10.0 Å². The van der Waals surface area contributed by atoms with Gasteiger partial charge in [0.25, 0.3) is 5.69 Å². The van der Waals surface area contributed by atoms with Gasteiger partial charge < -0.3 is 10.1 Å². The molecule has 1 atom stereocenters. The van der Waals surface area contributed by atoms with Crippen LogP contribution in [0.25, 0.3) is 0 Å². The van der Waals surface area contributed by atoms with Gasteiger partial charge in [-0.15, -0.1) is 0 Å². The molecule has 1 rings (SSSR count). The zero-order valence-corrected chi connectivity index (χ0v) is 12.9. The van der Waals surface area contributed by atoms with Crippen molar-refractivity contribution in [2.75, 3.05) is 25.5 Å². The fourth-order valence-corrected chi connectivity index (χ4v) is 2.89. The standard InChI is InChI=1S/C12H19N3O5S/c1-4-13-10-5-6-11(15(16)17)12(7-10)21(18,19)14-8-9(2)20-3/h5-7,9,13-14H,4,8H2,1-3H3. The maximum absolute atomic E-state index is 12.2. The summed E-state index contributed by atoms with van der Waals surface area (Å²) in [5.74, 6) is 0. The Labute approximate surface area is 123 Å². The lowest BCUT2D eigenvalue weighted by molar-refractivity contribution is -0.387. The van der Waals surface area contributed by atoms with Crippen LogP contribution in [-0.2, 0) is 14.8 Å². The minimum absolute atomic E-state index is 0.0292. The van der Waals surface area contributed by atoms with Crippen LogP contribution in [-0.4, -0.2) is 39.6 Å². The molecule has 0 saturated carbocycles. The van der Waals surface area contributed by atoms with Crippen LogP contribution in [0.15, 0.2) is 23.1 Å². The van der Waals surface area contributed by atoms with Gasteiger partial charge in [0, 0.05) is 32.0 Å². The molecule has 0 heterocycles. The highest BCUT2D eigenvalue weighted by Gasteiger charge is 2.26. The van der Waals surface area contributed by atoms with Gasteiger partial charge in [0.15, 0.2) is 4.90 Å². The monoisotopic (exact) mass is 317 g/mol. The van der Waals surface area contributed by atoms with Crippen LogP contribution in [0.2, 0.25) is 0 Å². The van der Waals surface area contributed by atoms with E-state index in [-0.39, 0.29) is 17.5 Å². The van der Waals surface area contributed by atoms with Crippen molar-refractivity contribution in [1.29, 1.82) is 0 Å². The second kappa shape index (κ2) is 7.34. The van der Waals surface area contributed by atoms with Crippen molar-refractivity contribution in [1.82, 2.24) is 4.72 Å². The number of hydrogen-bond acceptors (Lipinski definition) is 6. The van der Waals surface area contributed by atoms with Crippen molar-refractivity contribution in [2.24, 2.45) is 0 Å². The van der Waals surface area contributed by atoms with E-state index in [0.717, 1.165) is 0 Å². The van der Waals surface area contributed by atoms with E-state index in [0.29, 0.717) is 12.2 Å². The maximum atomic E-state index is 12.2. The number of nitrogens with zero attached hydrogens (tertiary/aromatic N) is 1. The van der Waals surface area contributed by atoms with Crippen LogP contribution >= 0.6 is 0 Å². The Kier molecular flexibility index (Phi) is 6.06. The lowest BCUT2D eigenvalue weighted by Crippen LogP contribution is -2.32. The minimum atomic E-state index is -3.99. The zero-order chi connectivity index (χ0) is 16.0. The summed E-state index contributed by atoms with van der Waals surface area (Å²) in [5, 5.41) is 13.9. The van der Waals surface area contributed by atoms with Crippen molar-refractivity contribution in [3.05, 3.63) is 28.3 Å². The summed E-state index contributed by atoms with van der Waals surface area (Å²) in [6.07, 6.45) is -0.337. The van der Waals surface area contributed by atoms with Crippen molar-refractivity contribution < 1.29 is 18.1 Å². The molecular formula is C12H19N3O5S. The molecule has 1 unspecified atom stereocenters. The molecule has 1 aromatic carbocycles. The average molecular weight is 317 g/mol. The normalized spacial score (nSPS) is 12.9. The van der Waals surface area contributed by atoms with Crippen LogP contribution in [0.5, 0.6) is 0 Å². The van der Waals surface area contributed by atoms with Gasteiger partial charge in [-0.1, -0.05) is 0 Å². The first-order valence-corrected chi connectivity index (χ1v) is 7.85. The minimum Gasteiger partial charge on any atom is -0.385 e. The number of ether oxygens (including phenoxy) is 1. The number of nitrogens with one attached hydrogen (secondary N) is 2. The van der Waals surface area contributed by atoms with Crippen LogP contribution in [0.3, 0.4) is 0 Å². The van der Waals surface area contributed by atoms with Gasteiger partial charge in [-0.05, 0) is 26.0 Å². The Balaban J connectivity index is 3.17. The molecule has 0 aliphatic heterocycles. The summed E-state index contributed by atoms with van der Waals surface area (Å²) in [7, 11) is -2.54. The van der Waals surface area contributed by atoms with Gasteiger partial charge in [0.1, 0.15) is 0 Å². The molecule has 0 fully saturated rings. The molecule has 118 valence electrons. The van der Waals surface area contributed by atoms with Gasteiger partial charge in [0.2, 0.25) is 10.0 Å². The van der Waals surface area contributed by atoms with Gasteiger partial charge in [-0.2, -0.15) is 0 Å². The molecule has 8 nitrogen and oxygen atoms in total. The van der Waals surface area contributed by atoms with E-state index in [1.165, 1.54) is 25.3 Å². The first-order chi connectivity index (χ1) is 9.81. The van der Waals surface area contributed by atoms with Crippen molar-refractivity contribution in [2.45, 2.75) is 24.8 Å². The van der Waals surface area contributed by atoms with Crippen LogP contribution < -0.4 is 10.0 Å². The fraction of sp³-hybridized carbons (Fsp3) is 0.500. The van der Waals surface area contributed by atoms with Gasteiger partial charge in [0.05, 0.1) is 11.0 Å². The number of nitro benzene ring substituents is 1. The smallest absolute Gasteiger partial charge is 0.289 e. The van der Waals surface area contributed by atoms with E-state index in [4.69, 9.17) is 4.74 Å². The third-order valence-corrected chi connectivity index (χ3v) is 4.24. The Hall–Kier alpha value is -1.71. The number of sulfonamides is 1. The maximum Gasteiger partial charge on any atom is 0.289 e. The van der Waals surface area contributed by atoms with Gasteiger partial charge >= 0.3 is 0 Å². The zero-order valence-electron chi connectivity index (χ0n) is 12.1. The SMILES string of the molecule is CCNc1ccc([N+](=O)[O-])c(S(=O)(=O)NCC(C)OC)c1. The Morgan fingerprint density at radius 2 is 2.10 bits per heavy atom. The number of nitro groups is 1. The molecule has 2 N–H and O–H groups in total. The summed E-state index contributed by atoms with van der Waals surface area (Å²) >= 11 is 0. The molecule has 0 spiro atoms. The number of benzene rings is 1. The molecule has 0 amide bonds. The molecule has 0 bridgehead atoms. The molecule has 9 heteroatoms. The lowest BCUT2D eigenvalue weighted by atomic mass is 10.3. The molecule has 0 radical (unpaired) electrons. The van der Waals surface area contributed by atoms with E-state index < -0.39 is 20.6 Å². The summed E-state index contributed by atoms with van der Waals surface area (Å²) in [6.45, 7) is 4.13. The Morgan fingerprint density at radius 1 is 1.43 bits per heavy atom. The largest absolute Gasteiger partial charge is 0.385 e.